The van der Waals surface area contributed by atoms with Crippen molar-refractivity contribution in [1.29, 1.82) is 0 Å². The van der Waals surface area contributed by atoms with Gasteiger partial charge in [-0.1, -0.05) is 27.2 Å². The molecule has 0 aromatic carbocycles. The first-order valence-corrected chi connectivity index (χ1v) is 8.55. The second-order valence-corrected chi connectivity index (χ2v) is 8.53. The van der Waals surface area contributed by atoms with Crippen LogP contribution in [0.2, 0.25) is 0 Å². The maximum Gasteiger partial charge on any atom is 0.0302 e. The van der Waals surface area contributed by atoms with E-state index in [1.807, 2.05) is 11.3 Å². The Morgan fingerprint density at radius 2 is 1.95 bits per heavy atom. The highest BCUT2D eigenvalue weighted by Crippen LogP contribution is 2.36. The van der Waals surface area contributed by atoms with Gasteiger partial charge in [-0.05, 0) is 56.1 Å². The SMILES string of the molecule is Cc1ccc(CNC2CCCC(C(C)(C)C)CC2)s1. The highest BCUT2D eigenvalue weighted by atomic mass is 32.1. The van der Waals surface area contributed by atoms with Gasteiger partial charge in [-0.15, -0.1) is 11.3 Å². The quantitative estimate of drug-likeness (QED) is 0.755. The molecule has 0 amide bonds. The summed E-state index contributed by atoms with van der Waals surface area (Å²) in [5.41, 5.74) is 0.486. The van der Waals surface area contributed by atoms with E-state index in [2.05, 4.69) is 45.1 Å². The summed E-state index contributed by atoms with van der Waals surface area (Å²) in [6.45, 7) is 10.5. The summed E-state index contributed by atoms with van der Waals surface area (Å²) >= 11 is 1.92. The third-order valence-electron chi connectivity index (χ3n) is 4.55. The molecule has 0 bridgehead atoms. The van der Waals surface area contributed by atoms with Crippen LogP contribution in [0.25, 0.3) is 0 Å². The average Bonchev–Trinajstić information content (AvgIpc) is 2.61. The van der Waals surface area contributed by atoms with E-state index in [0.29, 0.717) is 5.41 Å². The first-order valence-electron chi connectivity index (χ1n) is 7.74. The van der Waals surface area contributed by atoms with Gasteiger partial charge in [0, 0.05) is 22.3 Å². The molecule has 0 saturated heterocycles. The van der Waals surface area contributed by atoms with E-state index in [1.54, 1.807) is 0 Å². The van der Waals surface area contributed by atoms with Crippen molar-refractivity contribution >= 4 is 11.3 Å². The molecule has 1 aromatic heterocycles. The number of thiophene rings is 1. The number of nitrogens with one attached hydrogen (secondary N) is 1. The Hall–Kier alpha value is -0.340. The summed E-state index contributed by atoms with van der Waals surface area (Å²) in [7, 11) is 0. The predicted molar refractivity (Wildman–Crippen MR) is 85.7 cm³/mol. The van der Waals surface area contributed by atoms with Gasteiger partial charge in [0.25, 0.3) is 0 Å². The van der Waals surface area contributed by atoms with Crippen LogP contribution >= 0.6 is 11.3 Å². The summed E-state index contributed by atoms with van der Waals surface area (Å²) in [6, 6.07) is 5.22. The highest BCUT2D eigenvalue weighted by Gasteiger charge is 2.27. The first kappa shape index (κ1) is 15.1. The van der Waals surface area contributed by atoms with Gasteiger partial charge in [0.2, 0.25) is 0 Å². The molecule has 2 unspecified atom stereocenters. The summed E-state index contributed by atoms with van der Waals surface area (Å²) in [6.07, 6.45) is 6.91. The fraction of sp³-hybridized carbons (Fsp3) is 0.765. The number of aryl methyl sites for hydroxylation is 1. The van der Waals surface area contributed by atoms with Gasteiger partial charge in [-0.25, -0.2) is 0 Å². The molecule has 1 N–H and O–H groups in total. The van der Waals surface area contributed by atoms with Gasteiger partial charge in [-0.3, -0.25) is 0 Å². The molecule has 0 aliphatic heterocycles. The second-order valence-electron chi connectivity index (χ2n) is 7.16. The molecular weight excluding hydrogens is 250 g/mol. The van der Waals surface area contributed by atoms with Gasteiger partial charge in [0.1, 0.15) is 0 Å². The highest BCUT2D eigenvalue weighted by molar-refractivity contribution is 7.11. The molecule has 1 fully saturated rings. The minimum atomic E-state index is 0.486. The van der Waals surface area contributed by atoms with Gasteiger partial charge in [-0.2, -0.15) is 0 Å². The van der Waals surface area contributed by atoms with Gasteiger partial charge in [0.05, 0.1) is 0 Å². The van der Waals surface area contributed by atoms with Crippen LogP contribution in [-0.2, 0) is 6.54 Å². The van der Waals surface area contributed by atoms with Crippen molar-refractivity contribution in [3.8, 4) is 0 Å². The molecule has 1 aromatic rings. The smallest absolute Gasteiger partial charge is 0.0302 e. The van der Waals surface area contributed by atoms with E-state index < -0.39 is 0 Å². The molecule has 2 atom stereocenters. The number of rotatable bonds is 3. The molecule has 0 radical (unpaired) electrons. The largest absolute Gasteiger partial charge is 0.309 e. The zero-order valence-electron chi connectivity index (χ0n) is 13.0. The third-order valence-corrected chi connectivity index (χ3v) is 5.56. The lowest BCUT2D eigenvalue weighted by atomic mass is 9.76. The predicted octanol–water partition coefficient (Wildman–Crippen LogP) is 5.14. The Kier molecular flexibility index (Phi) is 5.08. The average molecular weight is 279 g/mol. The summed E-state index contributed by atoms with van der Waals surface area (Å²) in [5, 5.41) is 3.77. The van der Waals surface area contributed by atoms with E-state index in [1.165, 1.54) is 41.9 Å². The van der Waals surface area contributed by atoms with Crippen LogP contribution in [0.5, 0.6) is 0 Å². The van der Waals surface area contributed by atoms with Gasteiger partial charge < -0.3 is 5.32 Å². The fourth-order valence-corrected chi connectivity index (χ4v) is 4.04. The van der Waals surface area contributed by atoms with Crippen molar-refractivity contribution in [3.63, 3.8) is 0 Å². The van der Waals surface area contributed by atoms with E-state index in [9.17, 15) is 0 Å². The van der Waals surface area contributed by atoms with Crippen molar-refractivity contribution in [2.45, 2.75) is 72.4 Å². The third kappa shape index (κ3) is 4.61. The van der Waals surface area contributed by atoms with E-state index in [4.69, 9.17) is 0 Å². The molecule has 2 heteroatoms. The Morgan fingerprint density at radius 1 is 1.16 bits per heavy atom. The minimum absolute atomic E-state index is 0.486. The van der Waals surface area contributed by atoms with Crippen LogP contribution in [0, 0.1) is 18.3 Å². The zero-order chi connectivity index (χ0) is 13.9. The van der Waals surface area contributed by atoms with Gasteiger partial charge in [0.15, 0.2) is 0 Å². The lowest BCUT2D eigenvalue weighted by molar-refractivity contribution is 0.213. The molecule has 0 spiro atoms. The molecule has 108 valence electrons. The topological polar surface area (TPSA) is 12.0 Å². The molecular formula is C17H29NS. The molecule has 1 nitrogen and oxygen atoms in total. The lowest BCUT2D eigenvalue weighted by Crippen LogP contribution is -2.28. The standard InChI is InChI=1S/C17H29NS/c1-13-8-11-16(19-13)12-18-15-7-5-6-14(9-10-15)17(2,3)4/h8,11,14-15,18H,5-7,9-10,12H2,1-4H3. The second kappa shape index (κ2) is 6.41. The van der Waals surface area contributed by atoms with Crippen LogP contribution in [-0.4, -0.2) is 6.04 Å². The van der Waals surface area contributed by atoms with Gasteiger partial charge >= 0.3 is 0 Å². The molecule has 2 rings (SSSR count). The van der Waals surface area contributed by atoms with Crippen molar-refractivity contribution in [3.05, 3.63) is 21.9 Å². The van der Waals surface area contributed by atoms with Crippen LogP contribution in [0.1, 0.15) is 62.6 Å². The number of hydrogen-bond acceptors (Lipinski definition) is 2. The monoisotopic (exact) mass is 279 g/mol. The van der Waals surface area contributed by atoms with E-state index in [0.717, 1.165) is 18.5 Å². The molecule has 1 aliphatic rings. The van der Waals surface area contributed by atoms with Crippen molar-refractivity contribution < 1.29 is 0 Å². The summed E-state index contributed by atoms with van der Waals surface area (Å²) < 4.78 is 0. The summed E-state index contributed by atoms with van der Waals surface area (Å²) in [4.78, 5) is 2.90. The molecule has 19 heavy (non-hydrogen) atoms. The maximum atomic E-state index is 3.77. The maximum absolute atomic E-state index is 3.77. The van der Waals surface area contributed by atoms with Crippen LogP contribution < -0.4 is 5.32 Å². The minimum Gasteiger partial charge on any atom is -0.309 e. The Balaban J connectivity index is 1.80. The zero-order valence-corrected chi connectivity index (χ0v) is 13.8. The molecule has 1 saturated carbocycles. The van der Waals surface area contributed by atoms with E-state index in [-0.39, 0.29) is 0 Å². The van der Waals surface area contributed by atoms with Crippen molar-refractivity contribution in [2.75, 3.05) is 0 Å². The van der Waals surface area contributed by atoms with Crippen LogP contribution in [0.3, 0.4) is 0 Å². The normalized spacial score (nSPS) is 25.3. The van der Waals surface area contributed by atoms with Crippen molar-refractivity contribution in [1.82, 2.24) is 5.32 Å². The van der Waals surface area contributed by atoms with Crippen LogP contribution in [0.4, 0.5) is 0 Å². The number of hydrogen-bond donors (Lipinski definition) is 1. The first-order chi connectivity index (χ1) is 8.95. The van der Waals surface area contributed by atoms with E-state index >= 15 is 0 Å². The summed E-state index contributed by atoms with van der Waals surface area (Å²) in [5.74, 6) is 0.906. The lowest BCUT2D eigenvalue weighted by Gasteiger charge is -2.29. The van der Waals surface area contributed by atoms with Crippen LogP contribution in [0.15, 0.2) is 12.1 Å². The Morgan fingerprint density at radius 3 is 2.58 bits per heavy atom. The molecule has 1 aliphatic carbocycles. The molecule has 1 heterocycles. The van der Waals surface area contributed by atoms with Crippen molar-refractivity contribution in [2.24, 2.45) is 11.3 Å². The fourth-order valence-electron chi connectivity index (χ4n) is 3.20. The Labute approximate surface area is 122 Å². The Bertz CT molecular complexity index is 388.